The molecule has 2 aromatic rings. The lowest BCUT2D eigenvalue weighted by atomic mass is 10.1. The third-order valence-electron chi connectivity index (χ3n) is 5.27. The number of rotatable bonds is 4. The molecule has 132 valence electrons. The van der Waals surface area contributed by atoms with Crippen molar-refractivity contribution < 1.29 is 4.79 Å². The Morgan fingerprint density at radius 2 is 1.92 bits per heavy atom. The van der Waals surface area contributed by atoms with Gasteiger partial charge in [-0.15, -0.1) is 11.3 Å². The molecule has 1 aromatic carbocycles. The van der Waals surface area contributed by atoms with E-state index in [4.69, 9.17) is 4.98 Å². The topological polar surface area (TPSA) is 45.2 Å². The van der Waals surface area contributed by atoms with Gasteiger partial charge < -0.3 is 10.2 Å². The molecule has 2 fully saturated rings. The first-order chi connectivity index (χ1) is 12.3. The normalized spacial score (nSPS) is 18.5. The summed E-state index contributed by atoms with van der Waals surface area (Å²) in [4.78, 5) is 19.6. The van der Waals surface area contributed by atoms with Crippen molar-refractivity contribution in [2.75, 3.05) is 23.3 Å². The van der Waals surface area contributed by atoms with Crippen LogP contribution in [0, 0.1) is 5.92 Å². The zero-order valence-electron chi connectivity index (χ0n) is 14.5. The predicted molar refractivity (Wildman–Crippen MR) is 104 cm³/mol. The van der Waals surface area contributed by atoms with Gasteiger partial charge in [-0.2, -0.15) is 0 Å². The first-order valence-corrected chi connectivity index (χ1v) is 10.3. The van der Waals surface area contributed by atoms with E-state index in [1.54, 1.807) is 11.3 Å². The first kappa shape index (κ1) is 16.6. The molecule has 4 rings (SSSR count). The van der Waals surface area contributed by atoms with Crippen molar-refractivity contribution in [2.24, 2.45) is 5.92 Å². The average Bonchev–Trinajstić information content (AvgIpc) is 3.35. The summed E-state index contributed by atoms with van der Waals surface area (Å²) in [5.74, 6) is 0.357. The molecule has 2 heterocycles. The highest BCUT2D eigenvalue weighted by molar-refractivity contribution is 7.14. The van der Waals surface area contributed by atoms with Crippen LogP contribution in [0.5, 0.6) is 0 Å². The summed E-state index contributed by atoms with van der Waals surface area (Å²) >= 11 is 1.72. The zero-order chi connectivity index (χ0) is 17.1. The number of hydrogen-bond acceptors (Lipinski definition) is 4. The van der Waals surface area contributed by atoms with Crippen molar-refractivity contribution >= 4 is 28.1 Å². The second-order valence-electron chi connectivity index (χ2n) is 7.11. The standard InChI is InChI=1S/C20H25N3OS/c24-19(15-7-2-3-8-15)21-17-10-6-9-16(13-17)18-14-25-20(22-18)23-11-4-1-5-12-23/h6,9-10,13-15H,1-5,7-8,11-12H2,(H,21,24). The van der Waals surface area contributed by atoms with Crippen molar-refractivity contribution in [3.63, 3.8) is 0 Å². The number of nitrogens with one attached hydrogen (secondary N) is 1. The van der Waals surface area contributed by atoms with E-state index in [1.165, 1.54) is 32.1 Å². The molecule has 1 aromatic heterocycles. The van der Waals surface area contributed by atoms with Crippen LogP contribution in [0.2, 0.25) is 0 Å². The van der Waals surface area contributed by atoms with Gasteiger partial charge in [0.1, 0.15) is 0 Å². The first-order valence-electron chi connectivity index (χ1n) is 9.41. The number of amides is 1. The van der Waals surface area contributed by atoms with Crippen LogP contribution < -0.4 is 10.2 Å². The number of nitrogens with zero attached hydrogens (tertiary/aromatic N) is 2. The molecule has 0 bridgehead atoms. The maximum Gasteiger partial charge on any atom is 0.227 e. The minimum atomic E-state index is 0.168. The number of carbonyl (C=O) groups excluding carboxylic acids is 1. The molecule has 0 radical (unpaired) electrons. The van der Waals surface area contributed by atoms with Crippen LogP contribution in [0.3, 0.4) is 0 Å². The van der Waals surface area contributed by atoms with Gasteiger partial charge in [0, 0.05) is 35.6 Å². The largest absolute Gasteiger partial charge is 0.348 e. The van der Waals surface area contributed by atoms with Crippen molar-refractivity contribution in [2.45, 2.75) is 44.9 Å². The Morgan fingerprint density at radius 3 is 2.72 bits per heavy atom. The second kappa shape index (κ2) is 7.56. The van der Waals surface area contributed by atoms with E-state index in [0.717, 1.165) is 48.0 Å². The fourth-order valence-electron chi connectivity index (χ4n) is 3.82. The van der Waals surface area contributed by atoms with Gasteiger partial charge in [0.25, 0.3) is 0 Å². The maximum absolute atomic E-state index is 12.3. The van der Waals surface area contributed by atoms with E-state index in [0.29, 0.717) is 0 Å². The van der Waals surface area contributed by atoms with Gasteiger partial charge in [0.15, 0.2) is 5.13 Å². The highest BCUT2D eigenvalue weighted by atomic mass is 32.1. The van der Waals surface area contributed by atoms with Crippen molar-refractivity contribution in [1.82, 2.24) is 4.98 Å². The van der Waals surface area contributed by atoms with Gasteiger partial charge in [-0.1, -0.05) is 25.0 Å². The van der Waals surface area contributed by atoms with E-state index in [9.17, 15) is 4.79 Å². The second-order valence-corrected chi connectivity index (χ2v) is 7.95. The molecule has 1 N–H and O–H groups in total. The van der Waals surface area contributed by atoms with E-state index >= 15 is 0 Å². The van der Waals surface area contributed by atoms with Crippen LogP contribution in [0.4, 0.5) is 10.8 Å². The molecule has 1 aliphatic carbocycles. The number of thiazole rings is 1. The minimum Gasteiger partial charge on any atom is -0.348 e. The van der Waals surface area contributed by atoms with Crippen LogP contribution in [-0.4, -0.2) is 24.0 Å². The molecule has 25 heavy (non-hydrogen) atoms. The summed E-state index contributed by atoms with van der Waals surface area (Å²) in [5, 5.41) is 6.34. The number of carbonyl (C=O) groups is 1. The minimum absolute atomic E-state index is 0.168. The molecule has 1 amide bonds. The lowest BCUT2D eigenvalue weighted by Crippen LogP contribution is -2.29. The van der Waals surface area contributed by atoms with Gasteiger partial charge in [-0.05, 0) is 44.2 Å². The Balaban J connectivity index is 1.47. The van der Waals surface area contributed by atoms with Crippen LogP contribution in [0.1, 0.15) is 44.9 Å². The Hall–Kier alpha value is -1.88. The van der Waals surface area contributed by atoms with Crippen molar-refractivity contribution in [1.29, 1.82) is 0 Å². The Morgan fingerprint density at radius 1 is 1.12 bits per heavy atom. The van der Waals surface area contributed by atoms with Gasteiger partial charge >= 0.3 is 0 Å². The molecule has 1 saturated carbocycles. The molecule has 1 aliphatic heterocycles. The average molecular weight is 356 g/mol. The SMILES string of the molecule is O=C(Nc1cccc(-c2csc(N3CCCCC3)n2)c1)C1CCCC1. The van der Waals surface area contributed by atoms with Gasteiger partial charge in [0.05, 0.1) is 5.69 Å². The lowest BCUT2D eigenvalue weighted by molar-refractivity contribution is -0.119. The zero-order valence-corrected chi connectivity index (χ0v) is 15.4. The van der Waals surface area contributed by atoms with Gasteiger partial charge in [-0.3, -0.25) is 4.79 Å². The molecular weight excluding hydrogens is 330 g/mol. The third kappa shape index (κ3) is 3.87. The Kier molecular flexibility index (Phi) is 5.02. The highest BCUT2D eigenvalue weighted by Crippen LogP contribution is 2.31. The van der Waals surface area contributed by atoms with E-state index < -0.39 is 0 Å². The van der Waals surface area contributed by atoms with Gasteiger partial charge in [-0.25, -0.2) is 4.98 Å². The van der Waals surface area contributed by atoms with Crippen molar-refractivity contribution in [3.05, 3.63) is 29.6 Å². The summed E-state index contributed by atoms with van der Waals surface area (Å²) in [5.41, 5.74) is 2.95. The summed E-state index contributed by atoms with van der Waals surface area (Å²) in [6.45, 7) is 2.23. The summed E-state index contributed by atoms with van der Waals surface area (Å²) in [7, 11) is 0. The molecule has 0 unspecified atom stereocenters. The predicted octanol–water partition coefficient (Wildman–Crippen LogP) is 4.93. The lowest BCUT2D eigenvalue weighted by Gasteiger charge is -2.25. The maximum atomic E-state index is 12.3. The Bertz CT molecular complexity index is 730. The summed E-state index contributed by atoms with van der Waals surface area (Å²) in [6, 6.07) is 8.08. The van der Waals surface area contributed by atoms with Gasteiger partial charge in [0.2, 0.25) is 5.91 Å². The number of anilines is 2. The van der Waals surface area contributed by atoms with Crippen LogP contribution in [0.15, 0.2) is 29.6 Å². The molecule has 4 nitrogen and oxygen atoms in total. The van der Waals surface area contributed by atoms with Crippen LogP contribution in [-0.2, 0) is 4.79 Å². The Labute approximate surface area is 153 Å². The van der Waals surface area contributed by atoms with E-state index in [-0.39, 0.29) is 11.8 Å². The summed E-state index contributed by atoms with van der Waals surface area (Å²) in [6.07, 6.45) is 8.26. The van der Waals surface area contributed by atoms with Crippen LogP contribution in [0.25, 0.3) is 11.3 Å². The fourth-order valence-corrected chi connectivity index (χ4v) is 4.70. The molecular formula is C20H25N3OS. The fraction of sp³-hybridized carbons (Fsp3) is 0.500. The smallest absolute Gasteiger partial charge is 0.227 e. The highest BCUT2D eigenvalue weighted by Gasteiger charge is 2.22. The number of piperidine rings is 1. The summed E-state index contributed by atoms with van der Waals surface area (Å²) < 4.78 is 0. The number of hydrogen-bond donors (Lipinski definition) is 1. The van der Waals surface area contributed by atoms with E-state index in [1.807, 2.05) is 18.2 Å². The molecule has 5 heteroatoms. The molecule has 0 atom stereocenters. The molecule has 0 spiro atoms. The number of benzene rings is 1. The molecule has 2 aliphatic rings. The monoisotopic (exact) mass is 355 g/mol. The van der Waals surface area contributed by atoms with Crippen LogP contribution >= 0.6 is 11.3 Å². The third-order valence-corrected chi connectivity index (χ3v) is 6.17. The van der Waals surface area contributed by atoms with Crippen molar-refractivity contribution in [3.8, 4) is 11.3 Å². The number of aromatic nitrogens is 1. The molecule has 1 saturated heterocycles. The quantitative estimate of drug-likeness (QED) is 0.846. The van der Waals surface area contributed by atoms with E-state index in [2.05, 4.69) is 21.7 Å².